The molecule has 2 aliphatic heterocycles. The molecular formula is C26H31NO3. The molecule has 4 unspecified atom stereocenters. The van der Waals surface area contributed by atoms with E-state index in [4.69, 9.17) is 9.57 Å². The Morgan fingerprint density at radius 1 is 1.03 bits per heavy atom. The van der Waals surface area contributed by atoms with Crippen LogP contribution in [0.15, 0.2) is 72.8 Å². The maximum Gasteiger partial charge on any atom is 0.190 e. The molecule has 2 saturated heterocycles. The highest BCUT2D eigenvalue weighted by Crippen LogP contribution is 2.39. The minimum absolute atomic E-state index is 0.00942. The minimum atomic E-state index is -0.484. The number of hydrogen-bond donors (Lipinski definition) is 0. The van der Waals surface area contributed by atoms with Crippen LogP contribution in [0.25, 0.3) is 0 Å². The molecular weight excluding hydrogens is 374 g/mol. The van der Waals surface area contributed by atoms with Gasteiger partial charge in [0.05, 0.1) is 11.8 Å². The van der Waals surface area contributed by atoms with Crippen LogP contribution in [-0.2, 0) is 9.57 Å². The van der Waals surface area contributed by atoms with Gasteiger partial charge in [0.1, 0.15) is 18.2 Å². The van der Waals surface area contributed by atoms with Crippen LogP contribution in [0.5, 0.6) is 0 Å². The van der Waals surface area contributed by atoms with Gasteiger partial charge < -0.3 is 4.74 Å². The lowest BCUT2D eigenvalue weighted by Gasteiger charge is -2.27. The summed E-state index contributed by atoms with van der Waals surface area (Å²) >= 11 is 0. The molecule has 2 aromatic rings. The standard InChI is InChI=1S/C26H31NO3/c1-2-3-4-5-6-13-18-22-19-23-26(29-22)24(25(28)20-14-9-7-10-15-20)27(30-23)21-16-11-8-12-17-21/h7-18,22-24,26H,2-6,19H2,1H3/b18-13-. The molecule has 0 aliphatic carbocycles. The monoisotopic (exact) mass is 405 g/mol. The minimum Gasteiger partial charge on any atom is -0.365 e. The van der Waals surface area contributed by atoms with Gasteiger partial charge in [-0.1, -0.05) is 86.9 Å². The molecule has 0 spiro atoms. The quantitative estimate of drug-likeness (QED) is 0.303. The molecule has 0 bridgehead atoms. The Bertz CT molecular complexity index is 836. The van der Waals surface area contributed by atoms with E-state index >= 15 is 0 Å². The number of hydroxylamine groups is 1. The number of rotatable bonds is 9. The number of ether oxygens (including phenoxy) is 1. The van der Waals surface area contributed by atoms with Crippen molar-refractivity contribution in [2.24, 2.45) is 0 Å². The zero-order chi connectivity index (χ0) is 20.8. The first-order valence-electron chi connectivity index (χ1n) is 11.2. The predicted octanol–water partition coefficient (Wildman–Crippen LogP) is 5.74. The van der Waals surface area contributed by atoms with Crippen molar-refractivity contribution in [3.63, 3.8) is 0 Å². The van der Waals surface area contributed by atoms with Gasteiger partial charge in [-0.2, -0.15) is 0 Å². The highest BCUT2D eigenvalue weighted by molar-refractivity contribution is 6.02. The van der Waals surface area contributed by atoms with E-state index in [2.05, 4.69) is 19.1 Å². The molecule has 0 amide bonds. The second kappa shape index (κ2) is 10.1. The fourth-order valence-electron chi connectivity index (χ4n) is 4.32. The molecule has 4 nitrogen and oxygen atoms in total. The van der Waals surface area contributed by atoms with E-state index in [1.165, 1.54) is 25.7 Å². The van der Waals surface area contributed by atoms with Crippen LogP contribution in [0.1, 0.15) is 55.8 Å². The second-order valence-corrected chi connectivity index (χ2v) is 8.13. The van der Waals surface area contributed by atoms with Gasteiger partial charge in [-0.25, -0.2) is 5.06 Å². The normalized spacial score (nSPS) is 25.7. The average Bonchev–Trinajstić information content (AvgIpc) is 3.34. The van der Waals surface area contributed by atoms with Gasteiger partial charge in [0.2, 0.25) is 0 Å². The molecule has 2 aromatic carbocycles. The Balaban J connectivity index is 1.48. The Labute approximate surface area is 179 Å². The summed E-state index contributed by atoms with van der Waals surface area (Å²) in [6, 6.07) is 18.8. The number of anilines is 1. The van der Waals surface area contributed by atoms with Gasteiger partial charge in [-0.15, -0.1) is 0 Å². The smallest absolute Gasteiger partial charge is 0.190 e. The van der Waals surface area contributed by atoms with E-state index in [-0.39, 0.29) is 24.1 Å². The van der Waals surface area contributed by atoms with E-state index in [9.17, 15) is 4.79 Å². The first kappa shape index (κ1) is 20.8. The summed E-state index contributed by atoms with van der Waals surface area (Å²) < 4.78 is 6.35. The van der Waals surface area contributed by atoms with Gasteiger partial charge in [0.15, 0.2) is 5.78 Å². The van der Waals surface area contributed by atoms with Crippen LogP contribution in [0.2, 0.25) is 0 Å². The third kappa shape index (κ3) is 4.66. The fourth-order valence-corrected chi connectivity index (χ4v) is 4.32. The van der Waals surface area contributed by atoms with Crippen LogP contribution >= 0.6 is 0 Å². The zero-order valence-corrected chi connectivity index (χ0v) is 17.7. The number of ketones is 1. The first-order valence-corrected chi connectivity index (χ1v) is 11.2. The molecule has 30 heavy (non-hydrogen) atoms. The van der Waals surface area contributed by atoms with Gasteiger partial charge >= 0.3 is 0 Å². The van der Waals surface area contributed by atoms with Crippen molar-refractivity contribution in [2.45, 2.75) is 69.8 Å². The summed E-state index contributed by atoms with van der Waals surface area (Å²) in [5.74, 6) is 0.0381. The van der Waals surface area contributed by atoms with Crippen molar-refractivity contribution in [2.75, 3.05) is 5.06 Å². The number of para-hydroxylation sites is 1. The highest BCUT2D eigenvalue weighted by atomic mass is 16.7. The predicted molar refractivity (Wildman–Crippen MR) is 120 cm³/mol. The summed E-state index contributed by atoms with van der Waals surface area (Å²) in [4.78, 5) is 19.7. The number of nitrogens with zero attached hydrogens (tertiary/aromatic N) is 1. The third-order valence-electron chi connectivity index (χ3n) is 5.89. The van der Waals surface area contributed by atoms with Gasteiger partial charge in [0.25, 0.3) is 0 Å². The lowest BCUT2D eigenvalue weighted by atomic mass is 9.97. The Kier molecular flexibility index (Phi) is 6.98. The number of unbranched alkanes of at least 4 members (excludes halogenated alkanes) is 4. The molecule has 0 aromatic heterocycles. The highest BCUT2D eigenvalue weighted by Gasteiger charge is 2.53. The van der Waals surface area contributed by atoms with Crippen LogP contribution in [-0.4, -0.2) is 30.1 Å². The SMILES string of the molecule is CCCCCC/C=C\C1CC2ON(c3ccccc3)C(C(=O)c3ccccc3)C2O1. The fraction of sp³-hybridized carbons (Fsp3) is 0.423. The Morgan fingerprint density at radius 3 is 2.50 bits per heavy atom. The summed E-state index contributed by atoms with van der Waals surface area (Å²) in [5, 5.41) is 1.76. The summed E-state index contributed by atoms with van der Waals surface area (Å²) in [5.41, 5.74) is 1.57. The zero-order valence-electron chi connectivity index (χ0n) is 17.7. The van der Waals surface area contributed by atoms with Crippen LogP contribution in [0.4, 0.5) is 5.69 Å². The molecule has 4 atom stereocenters. The number of allylic oxidation sites excluding steroid dienone is 1. The van der Waals surface area contributed by atoms with Crippen LogP contribution < -0.4 is 5.06 Å². The van der Waals surface area contributed by atoms with Crippen molar-refractivity contribution < 1.29 is 14.4 Å². The van der Waals surface area contributed by atoms with E-state index < -0.39 is 6.04 Å². The number of carbonyl (C=O) groups is 1. The van der Waals surface area contributed by atoms with Crippen molar-refractivity contribution >= 4 is 11.5 Å². The molecule has 0 saturated carbocycles. The largest absolute Gasteiger partial charge is 0.365 e. The van der Waals surface area contributed by atoms with Crippen molar-refractivity contribution in [1.29, 1.82) is 0 Å². The number of carbonyl (C=O) groups excluding carboxylic acids is 1. The van der Waals surface area contributed by atoms with E-state index in [0.29, 0.717) is 5.56 Å². The lowest BCUT2D eigenvalue weighted by molar-refractivity contribution is 0.0474. The molecule has 2 fully saturated rings. The summed E-state index contributed by atoms with van der Waals surface area (Å²) in [7, 11) is 0. The van der Waals surface area contributed by atoms with Crippen molar-refractivity contribution in [3.8, 4) is 0 Å². The van der Waals surface area contributed by atoms with Crippen molar-refractivity contribution in [3.05, 3.63) is 78.4 Å². The molecule has 2 aliphatic rings. The van der Waals surface area contributed by atoms with Crippen LogP contribution in [0.3, 0.4) is 0 Å². The van der Waals surface area contributed by atoms with E-state index in [1.807, 2.05) is 60.7 Å². The molecule has 2 heterocycles. The molecule has 4 rings (SSSR count). The number of Topliss-reactive ketones (excluding diaryl/α,β-unsaturated/α-hetero) is 1. The number of hydrogen-bond acceptors (Lipinski definition) is 4. The molecule has 0 N–H and O–H groups in total. The maximum atomic E-state index is 13.4. The van der Waals surface area contributed by atoms with Crippen molar-refractivity contribution in [1.82, 2.24) is 0 Å². The lowest BCUT2D eigenvalue weighted by Crippen LogP contribution is -2.43. The Hall–Kier alpha value is -2.43. The number of benzene rings is 2. The molecule has 4 heteroatoms. The van der Waals surface area contributed by atoms with E-state index in [0.717, 1.165) is 18.5 Å². The van der Waals surface area contributed by atoms with Gasteiger partial charge in [-0.3, -0.25) is 9.63 Å². The van der Waals surface area contributed by atoms with Crippen LogP contribution in [0, 0.1) is 0 Å². The Morgan fingerprint density at radius 2 is 1.77 bits per heavy atom. The average molecular weight is 406 g/mol. The maximum absolute atomic E-state index is 13.4. The number of fused-ring (bicyclic) bond motifs is 1. The van der Waals surface area contributed by atoms with Gasteiger partial charge in [0, 0.05) is 12.0 Å². The second-order valence-electron chi connectivity index (χ2n) is 8.13. The van der Waals surface area contributed by atoms with E-state index in [1.54, 1.807) is 5.06 Å². The first-order chi connectivity index (χ1) is 14.8. The van der Waals surface area contributed by atoms with Gasteiger partial charge in [-0.05, 0) is 25.0 Å². The molecule has 158 valence electrons. The molecule has 0 radical (unpaired) electrons. The topological polar surface area (TPSA) is 38.8 Å². The third-order valence-corrected chi connectivity index (χ3v) is 5.89. The summed E-state index contributed by atoms with van der Waals surface area (Å²) in [6.07, 6.45) is 10.9. The summed E-state index contributed by atoms with van der Waals surface area (Å²) in [6.45, 7) is 2.23.